The molecule has 0 spiro atoms. The monoisotopic (exact) mass is 318 g/mol. The maximum absolute atomic E-state index is 12.1. The van der Waals surface area contributed by atoms with Crippen LogP contribution >= 0.6 is 0 Å². The van der Waals surface area contributed by atoms with Crippen LogP contribution in [-0.2, 0) is 0 Å². The molecule has 1 atom stereocenters. The minimum absolute atomic E-state index is 0.115. The van der Waals surface area contributed by atoms with Gasteiger partial charge in [-0.2, -0.15) is 0 Å². The summed E-state index contributed by atoms with van der Waals surface area (Å²) in [6.07, 6.45) is 8.01. The Morgan fingerprint density at radius 1 is 1.35 bits per heavy atom. The van der Waals surface area contributed by atoms with E-state index in [1.807, 2.05) is 49.4 Å². The van der Waals surface area contributed by atoms with Gasteiger partial charge in [0.05, 0.1) is 0 Å². The third kappa shape index (κ3) is 7.42. The Morgan fingerprint density at radius 3 is 2.65 bits per heavy atom. The summed E-state index contributed by atoms with van der Waals surface area (Å²) in [5.41, 5.74) is 2.60. The first-order valence-electron chi connectivity index (χ1n) is 7.16. The number of alkyl halides is 1. The minimum Gasteiger partial charge on any atom is -0.475 e. The molecule has 23 heavy (non-hydrogen) atoms. The average Bonchev–Trinajstić information content (AvgIpc) is 2.56. The molecule has 0 amide bonds. The summed E-state index contributed by atoms with van der Waals surface area (Å²) >= 11 is 0. The second-order valence-corrected chi connectivity index (χ2v) is 5.18. The lowest BCUT2D eigenvalue weighted by atomic mass is 10.2. The fourth-order valence-electron chi connectivity index (χ4n) is 1.41. The molecular weight excluding hydrogens is 295 g/mol. The van der Waals surface area contributed by atoms with Crippen molar-refractivity contribution in [2.75, 3.05) is 27.4 Å². The maximum atomic E-state index is 12.1. The van der Waals surface area contributed by atoms with Gasteiger partial charge < -0.3 is 14.7 Å². The Kier molecular flexibility index (Phi) is 7.77. The van der Waals surface area contributed by atoms with Crippen molar-refractivity contribution in [3.8, 4) is 5.88 Å². The smallest absolute Gasteiger partial charge is 0.213 e. The number of nitrogens with zero attached hydrogens (tertiary/aromatic N) is 2. The standard InChI is InChI=1S/C18H23FN2O2/c1-14(5-7-15(2)21(3)4)6-8-16-9-10-18(20-12-16)23-13-17(22)11-19/h5-10,12,17,22H,1-2,11,13H2,3-4H3/b7-5-,8-6+. The Labute approximate surface area is 136 Å². The van der Waals surface area contributed by atoms with Crippen LogP contribution in [0, 0.1) is 0 Å². The number of rotatable bonds is 9. The van der Waals surface area contributed by atoms with Crippen LogP contribution in [0.2, 0.25) is 0 Å². The number of aromatic nitrogens is 1. The molecule has 1 aromatic rings. The van der Waals surface area contributed by atoms with E-state index in [1.54, 1.807) is 12.3 Å². The average molecular weight is 318 g/mol. The topological polar surface area (TPSA) is 45.6 Å². The Morgan fingerprint density at radius 2 is 2.09 bits per heavy atom. The van der Waals surface area contributed by atoms with Gasteiger partial charge in [0.1, 0.15) is 19.4 Å². The van der Waals surface area contributed by atoms with E-state index in [0.29, 0.717) is 5.88 Å². The largest absolute Gasteiger partial charge is 0.475 e. The van der Waals surface area contributed by atoms with Gasteiger partial charge in [-0.15, -0.1) is 0 Å². The third-order valence-electron chi connectivity index (χ3n) is 2.92. The van der Waals surface area contributed by atoms with Crippen LogP contribution in [0.3, 0.4) is 0 Å². The van der Waals surface area contributed by atoms with Crippen molar-refractivity contribution in [1.82, 2.24) is 9.88 Å². The zero-order valence-corrected chi connectivity index (χ0v) is 13.6. The van der Waals surface area contributed by atoms with Gasteiger partial charge in [-0.3, -0.25) is 0 Å². The summed E-state index contributed by atoms with van der Waals surface area (Å²) in [5.74, 6) is 0.343. The van der Waals surface area contributed by atoms with Crippen LogP contribution in [0.5, 0.6) is 5.88 Å². The van der Waals surface area contributed by atoms with Crippen molar-refractivity contribution in [1.29, 1.82) is 0 Å². The highest BCUT2D eigenvalue weighted by Gasteiger charge is 2.04. The molecule has 4 nitrogen and oxygen atoms in total. The molecule has 1 heterocycles. The summed E-state index contributed by atoms with van der Waals surface area (Å²) in [7, 11) is 3.85. The van der Waals surface area contributed by atoms with E-state index in [0.717, 1.165) is 16.8 Å². The molecule has 0 aliphatic rings. The van der Waals surface area contributed by atoms with E-state index < -0.39 is 12.8 Å². The zero-order chi connectivity index (χ0) is 17.2. The van der Waals surface area contributed by atoms with E-state index in [2.05, 4.69) is 18.1 Å². The number of halogens is 1. The molecule has 0 aliphatic heterocycles. The van der Waals surface area contributed by atoms with Crippen molar-refractivity contribution < 1.29 is 14.2 Å². The third-order valence-corrected chi connectivity index (χ3v) is 2.92. The Bertz CT molecular complexity index is 577. The molecule has 0 saturated heterocycles. The molecule has 1 rings (SSSR count). The van der Waals surface area contributed by atoms with Crippen molar-refractivity contribution in [2.45, 2.75) is 6.10 Å². The van der Waals surface area contributed by atoms with Crippen molar-refractivity contribution in [3.63, 3.8) is 0 Å². The highest BCUT2D eigenvalue weighted by atomic mass is 19.1. The van der Waals surface area contributed by atoms with Crippen LogP contribution in [-0.4, -0.2) is 48.5 Å². The molecule has 0 saturated carbocycles. The highest BCUT2D eigenvalue weighted by molar-refractivity contribution is 5.53. The summed E-state index contributed by atoms with van der Waals surface area (Å²) in [4.78, 5) is 6.00. The molecule has 0 fully saturated rings. The van der Waals surface area contributed by atoms with Gasteiger partial charge in [0.25, 0.3) is 0 Å². The fraction of sp³-hybridized carbons (Fsp3) is 0.278. The first kappa shape index (κ1) is 18.6. The molecule has 0 aliphatic carbocycles. The van der Waals surface area contributed by atoms with Gasteiger partial charge in [-0.05, 0) is 23.3 Å². The van der Waals surface area contributed by atoms with Crippen LogP contribution in [0.15, 0.2) is 61.0 Å². The number of ether oxygens (including phenoxy) is 1. The normalized spacial score (nSPS) is 12.5. The van der Waals surface area contributed by atoms with Gasteiger partial charge in [-0.25, -0.2) is 9.37 Å². The van der Waals surface area contributed by atoms with Crippen LogP contribution < -0.4 is 4.74 Å². The van der Waals surface area contributed by atoms with E-state index in [4.69, 9.17) is 9.84 Å². The molecule has 1 unspecified atom stereocenters. The van der Waals surface area contributed by atoms with E-state index in [1.165, 1.54) is 0 Å². The van der Waals surface area contributed by atoms with E-state index >= 15 is 0 Å². The van der Waals surface area contributed by atoms with Gasteiger partial charge in [0, 0.05) is 32.1 Å². The molecule has 0 aromatic carbocycles. The highest BCUT2D eigenvalue weighted by Crippen LogP contribution is 2.11. The molecular formula is C18H23FN2O2. The lowest BCUT2D eigenvalue weighted by molar-refractivity contribution is 0.0821. The van der Waals surface area contributed by atoms with Crippen LogP contribution in [0.25, 0.3) is 6.08 Å². The van der Waals surface area contributed by atoms with Gasteiger partial charge in [-0.1, -0.05) is 31.4 Å². The quantitative estimate of drug-likeness (QED) is 0.711. The predicted octanol–water partition coefficient (Wildman–Crippen LogP) is 2.99. The van der Waals surface area contributed by atoms with Gasteiger partial charge in [0.2, 0.25) is 5.88 Å². The SMILES string of the molecule is C=C(/C=C\C(=C)N(C)C)/C=C/c1ccc(OCC(O)CF)nc1. The molecule has 124 valence electrons. The fourth-order valence-corrected chi connectivity index (χ4v) is 1.41. The number of allylic oxidation sites excluding steroid dienone is 4. The maximum Gasteiger partial charge on any atom is 0.213 e. The number of likely N-dealkylation sites (N-methyl/N-ethyl adjacent to an activating group) is 1. The van der Waals surface area contributed by atoms with E-state index in [9.17, 15) is 4.39 Å². The number of pyridine rings is 1. The van der Waals surface area contributed by atoms with E-state index in [-0.39, 0.29) is 6.61 Å². The second-order valence-electron chi connectivity index (χ2n) is 5.18. The zero-order valence-electron chi connectivity index (χ0n) is 13.6. The van der Waals surface area contributed by atoms with Gasteiger partial charge >= 0.3 is 0 Å². The molecule has 0 radical (unpaired) electrons. The van der Waals surface area contributed by atoms with Gasteiger partial charge in [0.15, 0.2) is 0 Å². The number of hydrogen-bond acceptors (Lipinski definition) is 4. The predicted molar refractivity (Wildman–Crippen MR) is 91.9 cm³/mol. The molecule has 1 N–H and O–H groups in total. The molecule has 0 bridgehead atoms. The molecule has 5 heteroatoms. The number of aliphatic hydroxyl groups excluding tert-OH is 1. The number of hydrogen-bond donors (Lipinski definition) is 1. The second kappa shape index (κ2) is 9.58. The summed E-state index contributed by atoms with van der Waals surface area (Å²) < 4.78 is 17.3. The summed E-state index contributed by atoms with van der Waals surface area (Å²) in [5, 5.41) is 9.08. The first-order valence-corrected chi connectivity index (χ1v) is 7.16. The van der Waals surface area contributed by atoms with Crippen LogP contribution in [0.1, 0.15) is 5.56 Å². The molecule has 1 aromatic heterocycles. The van der Waals surface area contributed by atoms with Crippen molar-refractivity contribution in [2.24, 2.45) is 0 Å². The van der Waals surface area contributed by atoms with Crippen molar-refractivity contribution in [3.05, 3.63) is 66.5 Å². The lowest BCUT2D eigenvalue weighted by Gasteiger charge is -2.10. The Balaban J connectivity index is 2.54. The first-order chi connectivity index (χ1) is 10.9. The summed E-state index contributed by atoms with van der Waals surface area (Å²) in [6, 6.07) is 3.48. The summed E-state index contributed by atoms with van der Waals surface area (Å²) in [6.45, 7) is 6.88. The van der Waals surface area contributed by atoms with Crippen molar-refractivity contribution >= 4 is 6.08 Å². The minimum atomic E-state index is -1.12. The lowest BCUT2D eigenvalue weighted by Crippen LogP contribution is -2.19. The number of aliphatic hydroxyl groups is 1. The Hall–Kier alpha value is -2.40. The van der Waals surface area contributed by atoms with Crippen LogP contribution in [0.4, 0.5) is 4.39 Å².